The van der Waals surface area contributed by atoms with E-state index in [-0.39, 0.29) is 11.0 Å². The smallest absolute Gasteiger partial charge is 0.124 e. The first-order valence-corrected chi connectivity index (χ1v) is 2.85. The van der Waals surface area contributed by atoms with Gasteiger partial charge < -0.3 is 11.0 Å². The Kier molecular flexibility index (Phi) is 20.3. The normalized spacial score (nSPS) is 10.8. The van der Waals surface area contributed by atoms with E-state index in [1.807, 2.05) is 7.85 Å². The second-order valence-corrected chi connectivity index (χ2v) is 2.31. The highest BCUT2D eigenvalue weighted by molar-refractivity contribution is 6.40. The molecule has 0 radical (unpaired) electrons. The first kappa shape index (κ1) is 15.7. The van der Waals surface area contributed by atoms with Gasteiger partial charge in [-0.05, 0) is 6.42 Å². The summed E-state index contributed by atoms with van der Waals surface area (Å²) in [6, 6.07) is 0. The molecule has 0 aromatic carbocycles. The fourth-order valence-corrected chi connectivity index (χ4v) is 0.616. The van der Waals surface area contributed by atoms with E-state index in [2.05, 4.69) is 6.92 Å². The molecule has 0 rings (SSSR count). The van der Waals surface area contributed by atoms with Gasteiger partial charge in [-0.1, -0.05) is 13.3 Å². The van der Waals surface area contributed by atoms with Gasteiger partial charge >= 0.3 is 0 Å². The van der Waals surface area contributed by atoms with Gasteiger partial charge in [-0.2, -0.15) is 0 Å². The summed E-state index contributed by atoms with van der Waals surface area (Å²) in [7, 11) is 2.02. The van der Waals surface area contributed by atoms with Gasteiger partial charge in [0.25, 0.3) is 0 Å². The zero-order chi connectivity index (χ0) is 4.99. The molecule has 4 N–H and O–H groups in total. The van der Waals surface area contributed by atoms with E-state index in [0.29, 0.717) is 5.28 Å². The van der Waals surface area contributed by atoms with Gasteiger partial charge in [0.15, 0.2) is 0 Å². The monoisotopic (exact) mass is 140 g/mol. The summed E-state index contributed by atoms with van der Waals surface area (Å²) < 4.78 is 0. The van der Waals surface area contributed by atoms with Gasteiger partial charge in [-0.25, -0.2) is 0 Å². The third-order valence-corrected chi connectivity index (χ3v) is 0.905. The minimum atomic E-state index is 0. The Bertz CT molecular complexity index is 35.2. The third-order valence-electron chi connectivity index (χ3n) is 0.686. The minimum Gasteiger partial charge on any atom is -0.412 e. The van der Waals surface area contributed by atoms with Gasteiger partial charge in [0, 0.05) is 5.28 Å². The predicted molar refractivity (Wildman–Crippen MR) is 40.3 cm³/mol. The van der Waals surface area contributed by atoms with E-state index in [1.54, 1.807) is 0 Å². The largest absolute Gasteiger partial charge is 0.412 e. The van der Waals surface area contributed by atoms with Crippen LogP contribution in [0.15, 0.2) is 0 Å². The molecule has 1 unspecified atom stereocenters. The van der Waals surface area contributed by atoms with E-state index in [1.165, 1.54) is 6.42 Å². The Labute approximate surface area is 56.3 Å². The first-order valence-electron chi connectivity index (χ1n) is 2.41. The molecule has 0 heterocycles. The molecule has 2 nitrogen and oxygen atoms in total. The third kappa shape index (κ3) is 16.3. The van der Waals surface area contributed by atoms with E-state index in [4.69, 9.17) is 11.6 Å². The van der Waals surface area contributed by atoms with Crippen LogP contribution in [0.25, 0.3) is 0 Å². The van der Waals surface area contributed by atoms with E-state index in [9.17, 15) is 0 Å². The fraction of sp³-hybridized carbons (Fsp3) is 1.00. The Balaban J connectivity index is -0.000000125. The molecule has 0 aromatic rings. The van der Waals surface area contributed by atoms with Gasteiger partial charge in [-0.15, -0.1) is 11.6 Å². The molecule has 0 spiro atoms. The molecule has 0 fully saturated rings. The maximum atomic E-state index is 5.58. The Hall–Kier alpha value is 0.275. The van der Waals surface area contributed by atoms with E-state index >= 15 is 0 Å². The maximum Gasteiger partial charge on any atom is 0.124 e. The summed E-state index contributed by atoms with van der Waals surface area (Å²) in [4.78, 5) is 0. The predicted octanol–water partition coefficient (Wildman–Crippen LogP) is -0.665. The second-order valence-electron chi connectivity index (χ2n) is 1.57. The molecule has 4 heteroatoms. The Morgan fingerprint density at radius 2 is 1.88 bits per heavy atom. The molecular formula is C4H14BClO2. The van der Waals surface area contributed by atoms with Crippen LogP contribution in [0.2, 0.25) is 0 Å². The number of hydrogen-bond donors (Lipinski definition) is 0. The van der Waals surface area contributed by atoms with Crippen LogP contribution in [-0.2, 0) is 0 Å². The molecule has 0 amide bonds. The number of alkyl halides is 1. The lowest BCUT2D eigenvalue weighted by molar-refractivity contribution is 0.823. The molecule has 52 valence electrons. The van der Waals surface area contributed by atoms with Crippen LogP contribution in [0.3, 0.4) is 0 Å². The van der Waals surface area contributed by atoms with Gasteiger partial charge in [0.1, 0.15) is 7.85 Å². The van der Waals surface area contributed by atoms with Crippen molar-refractivity contribution in [2.75, 3.05) is 0 Å². The van der Waals surface area contributed by atoms with E-state index in [0.717, 1.165) is 6.42 Å². The minimum absolute atomic E-state index is 0. The molecule has 0 bridgehead atoms. The lowest BCUT2D eigenvalue weighted by Crippen LogP contribution is -1.93. The van der Waals surface area contributed by atoms with Crippen LogP contribution >= 0.6 is 11.6 Å². The number of hydrogen-bond acceptors (Lipinski definition) is 0. The standard InChI is InChI=1S/C4H10BCl.2H2O/c1-2-3-4(5)6;;/h4H,2-3,5H2,1H3;2*1H2. The Morgan fingerprint density at radius 3 is 1.88 bits per heavy atom. The lowest BCUT2D eigenvalue weighted by atomic mass is 10.0. The van der Waals surface area contributed by atoms with Gasteiger partial charge in [-0.3, -0.25) is 0 Å². The summed E-state index contributed by atoms with van der Waals surface area (Å²) in [5, 5.41) is 0.370. The van der Waals surface area contributed by atoms with Crippen LogP contribution in [0.4, 0.5) is 0 Å². The highest BCUT2D eigenvalue weighted by atomic mass is 35.5. The van der Waals surface area contributed by atoms with Crippen LogP contribution in [-0.4, -0.2) is 24.1 Å². The van der Waals surface area contributed by atoms with Crippen molar-refractivity contribution in [1.82, 2.24) is 0 Å². The summed E-state index contributed by atoms with van der Waals surface area (Å²) >= 11 is 5.58. The fourth-order valence-electron chi connectivity index (χ4n) is 0.398. The van der Waals surface area contributed by atoms with E-state index < -0.39 is 0 Å². The molecule has 0 aliphatic rings. The van der Waals surface area contributed by atoms with Crippen LogP contribution in [0.1, 0.15) is 19.8 Å². The average Bonchev–Trinajstić information content (AvgIpc) is 1.35. The van der Waals surface area contributed by atoms with Crippen LogP contribution in [0.5, 0.6) is 0 Å². The van der Waals surface area contributed by atoms with Crippen molar-refractivity contribution < 1.29 is 11.0 Å². The maximum absolute atomic E-state index is 5.58. The van der Waals surface area contributed by atoms with Crippen LogP contribution in [0, 0.1) is 0 Å². The van der Waals surface area contributed by atoms with Crippen LogP contribution < -0.4 is 0 Å². The topological polar surface area (TPSA) is 63.0 Å². The molecular weight excluding hydrogens is 126 g/mol. The zero-order valence-electron chi connectivity index (χ0n) is 5.37. The van der Waals surface area contributed by atoms with Crippen molar-refractivity contribution in [1.29, 1.82) is 0 Å². The quantitative estimate of drug-likeness (QED) is 0.361. The molecule has 0 aliphatic carbocycles. The van der Waals surface area contributed by atoms with Crippen molar-refractivity contribution in [3.05, 3.63) is 0 Å². The summed E-state index contributed by atoms with van der Waals surface area (Å²) in [5.41, 5.74) is 0. The molecule has 0 saturated heterocycles. The summed E-state index contributed by atoms with van der Waals surface area (Å²) in [5.74, 6) is 0. The highest BCUT2D eigenvalue weighted by Gasteiger charge is 1.89. The summed E-state index contributed by atoms with van der Waals surface area (Å²) in [6.45, 7) is 2.14. The summed E-state index contributed by atoms with van der Waals surface area (Å²) in [6.07, 6.45) is 2.34. The molecule has 0 aliphatic heterocycles. The van der Waals surface area contributed by atoms with Crippen molar-refractivity contribution in [3.63, 3.8) is 0 Å². The zero-order valence-corrected chi connectivity index (χ0v) is 6.13. The molecule has 1 atom stereocenters. The highest BCUT2D eigenvalue weighted by Crippen LogP contribution is 1.97. The molecule has 0 saturated carbocycles. The average molecular weight is 140 g/mol. The molecule has 8 heavy (non-hydrogen) atoms. The lowest BCUT2D eigenvalue weighted by Gasteiger charge is -1.93. The SMILES string of the molecule is BC(Cl)CCC.O.O. The van der Waals surface area contributed by atoms with Crippen molar-refractivity contribution in [2.45, 2.75) is 25.0 Å². The Morgan fingerprint density at radius 1 is 1.50 bits per heavy atom. The molecule has 0 aromatic heterocycles. The number of rotatable bonds is 2. The second kappa shape index (κ2) is 10.3. The van der Waals surface area contributed by atoms with Gasteiger partial charge in [0.2, 0.25) is 0 Å². The van der Waals surface area contributed by atoms with Crippen molar-refractivity contribution in [2.24, 2.45) is 0 Å². The number of halogens is 1. The first-order chi connectivity index (χ1) is 2.77. The van der Waals surface area contributed by atoms with Crippen molar-refractivity contribution >= 4 is 19.4 Å². The van der Waals surface area contributed by atoms with Gasteiger partial charge in [0.05, 0.1) is 0 Å². The van der Waals surface area contributed by atoms with Crippen molar-refractivity contribution in [3.8, 4) is 0 Å².